The third kappa shape index (κ3) is 3.22. The van der Waals surface area contributed by atoms with Crippen LogP contribution >= 0.6 is 15.9 Å². The van der Waals surface area contributed by atoms with Gasteiger partial charge in [0.15, 0.2) is 0 Å². The maximum atomic E-state index is 13.6. The van der Waals surface area contributed by atoms with Crippen molar-refractivity contribution in [1.29, 1.82) is 0 Å². The molecule has 1 aromatic heterocycles. The van der Waals surface area contributed by atoms with Gasteiger partial charge < -0.3 is 5.32 Å². The van der Waals surface area contributed by atoms with E-state index in [0.29, 0.717) is 18.7 Å². The van der Waals surface area contributed by atoms with Crippen molar-refractivity contribution in [2.75, 3.05) is 0 Å². The Morgan fingerprint density at radius 1 is 1.32 bits per heavy atom. The van der Waals surface area contributed by atoms with Gasteiger partial charge in [-0.2, -0.15) is 5.10 Å². The van der Waals surface area contributed by atoms with E-state index in [9.17, 15) is 4.39 Å². The highest BCUT2D eigenvalue weighted by Gasteiger charge is 2.09. The van der Waals surface area contributed by atoms with Crippen LogP contribution < -0.4 is 5.32 Å². The molecular weight excluding hydrogens is 309 g/mol. The third-order valence-corrected chi connectivity index (χ3v) is 3.78. The summed E-state index contributed by atoms with van der Waals surface area (Å²) in [6.07, 6.45) is 0. The zero-order valence-electron chi connectivity index (χ0n) is 11.3. The van der Waals surface area contributed by atoms with Crippen LogP contribution in [0.1, 0.15) is 22.5 Å². The average Bonchev–Trinajstić information content (AvgIpc) is 2.60. The van der Waals surface area contributed by atoms with Gasteiger partial charge in [-0.15, -0.1) is 0 Å². The molecule has 0 atom stereocenters. The summed E-state index contributed by atoms with van der Waals surface area (Å²) in [4.78, 5) is 0. The van der Waals surface area contributed by atoms with E-state index in [4.69, 9.17) is 0 Å². The second kappa shape index (κ2) is 5.84. The van der Waals surface area contributed by atoms with E-state index in [-0.39, 0.29) is 5.82 Å². The van der Waals surface area contributed by atoms with Crippen LogP contribution in [-0.2, 0) is 20.1 Å². The Bertz CT molecular complexity index is 593. The van der Waals surface area contributed by atoms with Crippen LogP contribution in [0.2, 0.25) is 0 Å². The van der Waals surface area contributed by atoms with Crippen molar-refractivity contribution in [1.82, 2.24) is 15.1 Å². The van der Waals surface area contributed by atoms with Gasteiger partial charge in [0.25, 0.3) is 0 Å². The molecule has 0 unspecified atom stereocenters. The molecule has 0 radical (unpaired) electrons. The van der Waals surface area contributed by atoms with Crippen LogP contribution in [-0.4, -0.2) is 9.78 Å². The monoisotopic (exact) mass is 325 g/mol. The largest absolute Gasteiger partial charge is 0.308 e. The lowest BCUT2D eigenvalue weighted by Gasteiger charge is -2.07. The summed E-state index contributed by atoms with van der Waals surface area (Å²) in [5, 5.41) is 7.63. The molecule has 1 aromatic carbocycles. The molecule has 0 aliphatic rings. The van der Waals surface area contributed by atoms with Crippen LogP contribution in [0.5, 0.6) is 0 Å². The predicted molar refractivity (Wildman–Crippen MR) is 77.3 cm³/mol. The van der Waals surface area contributed by atoms with E-state index < -0.39 is 0 Å². The summed E-state index contributed by atoms with van der Waals surface area (Å²) in [7, 11) is 1.93. The van der Waals surface area contributed by atoms with Gasteiger partial charge in [-0.3, -0.25) is 4.68 Å². The fraction of sp³-hybridized carbons (Fsp3) is 0.357. The highest BCUT2D eigenvalue weighted by Crippen LogP contribution is 2.16. The fourth-order valence-electron chi connectivity index (χ4n) is 2.07. The Labute approximate surface area is 121 Å². The molecule has 3 nitrogen and oxygen atoms in total. The molecule has 102 valence electrons. The summed E-state index contributed by atoms with van der Waals surface area (Å²) < 4.78 is 16.3. The lowest BCUT2D eigenvalue weighted by atomic mass is 10.2. The Kier molecular flexibility index (Phi) is 4.37. The lowest BCUT2D eigenvalue weighted by Crippen LogP contribution is -2.15. The fourth-order valence-corrected chi connectivity index (χ4v) is 2.48. The number of aryl methyl sites for hydroxylation is 2. The van der Waals surface area contributed by atoms with E-state index in [1.807, 2.05) is 25.6 Å². The molecule has 0 aliphatic heterocycles. The van der Waals surface area contributed by atoms with Gasteiger partial charge in [-0.25, -0.2) is 4.39 Å². The number of hydrogen-bond acceptors (Lipinski definition) is 2. The molecule has 0 saturated heterocycles. The maximum Gasteiger partial charge on any atom is 0.127 e. The third-order valence-electron chi connectivity index (χ3n) is 3.28. The summed E-state index contributed by atoms with van der Waals surface area (Å²) in [6.45, 7) is 5.22. The molecule has 5 heteroatoms. The topological polar surface area (TPSA) is 29.9 Å². The van der Waals surface area contributed by atoms with Gasteiger partial charge in [-0.05, 0) is 32.0 Å². The number of benzene rings is 1. The summed E-state index contributed by atoms with van der Waals surface area (Å²) in [5.74, 6) is -0.185. The smallest absolute Gasteiger partial charge is 0.127 e. The van der Waals surface area contributed by atoms with E-state index >= 15 is 0 Å². The molecule has 0 bridgehead atoms. The summed E-state index contributed by atoms with van der Waals surface area (Å²) in [5.41, 5.74) is 3.99. The second-order valence-corrected chi connectivity index (χ2v) is 5.53. The Balaban J connectivity index is 2.02. The zero-order valence-corrected chi connectivity index (χ0v) is 12.9. The first-order valence-electron chi connectivity index (χ1n) is 6.12. The molecule has 2 rings (SSSR count). The number of nitrogens with zero attached hydrogens (tertiary/aromatic N) is 2. The predicted octanol–water partition coefficient (Wildman–Crippen LogP) is 3.23. The van der Waals surface area contributed by atoms with Gasteiger partial charge in [0.1, 0.15) is 5.82 Å². The van der Waals surface area contributed by atoms with E-state index in [2.05, 4.69) is 26.3 Å². The van der Waals surface area contributed by atoms with Gasteiger partial charge in [0.2, 0.25) is 0 Å². The molecule has 0 aliphatic carbocycles. The summed E-state index contributed by atoms with van der Waals surface area (Å²) >= 11 is 3.35. The first-order valence-corrected chi connectivity index (χ1v) is 6.92. The van der Waals surface area contributed by atoms with Crippen molar-refractivity contribution in [2.45, 2.75) is 26.9 Å². The highest BCUT2D eigenvalue weighted by molar-refractivity contribution is 9.10. The molecule has 0 saturated carbocycles. The number of hydrogen-bond donors (Lipinski definition) is 1. The van der Waals surface area contributed by atoms with Crippen molar-refractivity contribution in [3.63, 3.8) is 0 Å². The quantitative estimate of drug-likeness (QED) is 0.935. The van der Waals surface area contributed by atoms with Crippen LogP contribution in [0.3, 0.4) is 0 Å². The average molecular weight is 326 g/mol. The minimum atomic E-state index is -0.185. The lowest BCUT2D eigenvalue weighted by molar-refractivity contribution is 0.586. The van der Waals surface area contributed by atoms with Crippen LogP contribution in [0.4, 0.5) is 4.39 Å². The first kappa shape index (κ1) is 14.2. The minimum Gasteiger partial charge on any atom is -0.308 e. The normalized spacial score (nSPS) is 11.0. The standard InChI is InChI=1S/C14H17BrFN3/c1-9-13(10(2)19(3)18-9)8-17-7-11-6-12(15)4-5-14(11)16/h4-6,17H,7-8H2,1-3H3. The van der Waals surface area contributed by atoms with E-state index in [0.717, 1.165) is 15.9 Å². The van der Waals surface area contributed by atoms with Gasteiger partial charge in [-0.1, -0.05) is 15.9 Å². The summed E-state index contributed by atoms with van der Waals surface area (Å²) in [6, 6.07) is 4.97. The SMILES string of the molecule is Cc1nn(C)c(C)c1CNCc1cc(Br)ccc1F. The Morgan fingerprint density at radius 2 is 2.05 bits per heavy atom. The van der Waals surface area contributed by atoms with Crippen LogP contribution in [0.15, 0.2) is 22.7 Å². The molecule has 2 aromatic rings. The van der Waals surface area contributed by atoms with Gasteiger partial charge in [0, 0.05) is 41.4 Å². The number of aromatic nitrogens is 2. The first-order chi connectivity index (χ1) is 8.99. The Morgan fingerprint density at radius 3 is 2.68 bits per heavy atom. The molecular formula is C14H17BrFN3. The van der Waals surface area contributed by atoms with Crippen LogP contribution in [0.25, 0.3) is 0 Å². The van der Waals surface area contributed by atoms with Gasteiger partial charge >= 0.3 is 0 Å². The number of nitrogens with one attached hydrogen (secondary N) is 1. The minimum absolute atomic E-state index is 0.185. The molecule has 0 spiro atoms. The van der Waals surface area contributed by atoms with Crippen molar-refractivity contribution in [3.05, 3.63) is 51.0 Å². The van der Waals surface area contributed by atoms with E-state index in [1.165, 1.54) is 11.6 Å². The number of halogens is 2. The van der Waals surface area contributed by atoms with Crippen molar-refractivity contribution in [2.24, 2.45) is 7.05 Å². The number of rotatable bonds is 4. The second-order valence-electron chi connectivity index (χ2n) is 4.61. The highest BCUT2D eigenvalue weighted by atomic mass is 79.9. The maximum absolute atomic E-state index is 13.6. The van der Waals surface area contributed by atoms with Gasteiger partial charge in [0.05, 0.1) is 5.69 Å². The van der Waals surface area contributed by atoms with Crippen molar-refractivity contribution in [3.8, 4) is 0 Å². The molecule has 1 heterocycles. The molecule has 1 N–H and O–H groups in total. The van der Waals surface area contributed by atoms with Crippen LogP contribution in [0, 0.1) is 19.7 Å². The van der Waals surface area contributed by atoms with Crippen molar-refractivity contribution >= 4 is 15.9 Å². The Hall–Kier alpha value is -1.20. The molecule has 0 amide bonds. The zero-order chi connectivity index (χ0) is 14.0. The molecule has 0 fully saturated rings. The van der Waals surface area contributed by atoms with Crippen molar-refractivity contribution < 1.29 is 4.39 Å². The van der Waals surface area contributed by atoms with E-state index in [1.54, 1.807) is 12.1 Å². The molecule has 19 heavy (non-hydrogen) atoms.